The van der Waals surface area contributed by atoms with E-state index >= 15 is 0 Å². The van der Waals surface area contributed by atoms with Gasteiger partial charge in [0.2, 0.25) is 5.91 Å². The fourth-order valence-corrected chi connectivity index (χ4v) is 2.42. The summed E-state index contributed by atoms with van der Waals surface area (Å²) >= 11 is 0. The van der Waals surface area contributed by atoms with Crippen LogP contribution < -0.4 is 10.1 Å². The number of nitrogens with one attached hydrogen (secondary N) is 1. The van der Waals surface area contributed by atoms with Crippen molar-refractivity contribution in [3.8, 4) is 17.1 Å². The molecule has 5 heteroatoms. The molecule has 5 nitrogen and oxygen atoms in total. The lowest BCUT2D eigenvalue weighted by Crippen LogP contribution is -2.14. The molecule has 122 valence electrons. The van der Waals surface area contributed by atoms with Crippen molar-refractivity contribution in [1.82, 2.24) is 4.98 Å². The van der Waals surface area contributed by atoms with Crippen molar-refractivity contribution < 1.29 is 13.9 Å². The van der Waals surface area contributed by atoms with Gasteiger partial charge < -0.3 is 14.5 Å². The van der Waals surface area contributed by atoms with Gasteiger partial charge in [0.25, 0.3) is 0 Å². The van der Waals surface area contributed by atoms with Crippen LogP contribution >= 0.6 is 0 Å². The number of rotatable bonds is 5. The average molecular weight is 322 g/mol. The highest BCUT2D eigenvalue weighted by Crippen LogP contribution is 2.32. The zero-order chi connectivity index (χ0) is 16.9. The third-order valence-electron chi connectivity index (χ3n) is 3.67. The van der Waals surface area contributed by atoms with Gasteiger partial charge in [-0.2, -0.15) is 0 Å². The standard InChI is InChI=1S/C19H18N2O3/c1-13-3-5-14(6-4-13)9-19(22)21-15-7-8-16(17(10-15)23-2)18-11-20-12-24-18/h3-8,10-12H,9H2,1-2H3,(H,21,22). The van der Waals surface area contributed by atoms with E-state index in [-0.39, 0.29) is 5.91 Å². The number of oxazole rings is 1. The summed E-state index contributed by atoms with van der Waals surface area (Å²) < 4.78 is 10.7. The van der Waals surface area contributed by atoms with Crippen LogP contribution in [0.1, 0.15) is 11.1 Å². The molecule has 0 saturated heterocycles. The second-order valence-electron chi connectivity index (χ2n) is 5.49. The molecular weight excluding hydrogens is 304 g/mol. The van der Waals surface area contributed by atoms with Crippen molar-refractivity contribution in [2.24, 2.45) is 0 Å². The van der Waals surface area contributed by atoms with Crippen LogP contribution in [0.2, 0.25) is 0 Å². The Hall–Kier alpha value is -3.08. The first kappa shape index (κ1) is 15.8. The SMILES string of the molecule is COc1cc(NC(=O)Cc2ccc(C)cc2)ccc1-c1cnco1. The molecule has 0 saturated carbocycles. The molecule has 1 amide bonds. The second-order valence-corrected chi connectivity index (χ2v) is 5.49. The predicted octanol–water partition coefficient (Wildman–Crippen LogP) is 3.84. The van der Waals surface area contributed by atoms with Gasteiger partial charge >= 0.3 is 0 Å². The van der Waals surface area contributed by atoms with Crippen molar-refractivity contribution in [3.05, 3.63) is 66.2 Å². The van der Waals surface area contributed by atoms with Gasteiger partial charge in [0, 0.05) is 11.8 Å². The maximum absolute atomic E-state index is 12.2. The topological polar surface area (TPSA) is 64.4 Å². The maximum Gasteiger partial charge on any atom is 0.228 e. The molecule has 0 fully saturated rings. The average Bonchev–Trinajstić information content (AvgIpc) is 3.11. The van der Waals surface area contributed by atoms with Crippen LogP contribution in [0.4, 0.5) is 5.69 Å². The summed E-state index contributed by atoms with van der Waals surface area (Å²) in [5.74, 6) is 1.15. The van der Waals surface area contributed by atoms with Gasteiger partial charge in [0.15, 0.2) is 12.2 Å². The van der Waals surface area contributed by atoms with E-state index in [1.807, 2.05) is 43.3 Å². The molecule has 3 rings (SSSR count). The Bertz CT molecular complexity index is 824. The Morgan fingerprint density at radius 3 is 2.67 bits per heavy atom. The fourth-order valence-electron chi connectivity index (χ4n) is 2.42. The number of amides is 1. The van der Waals surface area contributed by atoms with Gasteiger partial charge in [-0.1, -0.05) is 29.8 Å². The quantitative estimate of drug-likeness (QED) is 0.775. The summed E-state index contributed by atoms with van der Waals surface area (Å²) in [5, 5.41) is 2.89. The molecule has 0 aliphatic rings. The van der Waals surface area contributed by atoms with Crippen LogP contribution in [0, 0.1) is 6.92 Å². The molecule has 1 N–H and O–H groups in total. The number of aryl methyl sites for hydroxylation is 1. The van der Waals surface area contributed by atoms with Gasteiger partial charge in [-0.05, 0) is 24.6 Å². The number of aromatic nitrogens is 1. The summed E-state index contributed by atoms with van der Waals surface area (Å²) in [5.41, 5.74) is 3.61. The van der Waals surface area contributed by atoms with Gasteiger partial charge in [-0.25, -0.2) is 4.98 Å². The molecule has 0 aliphatic carbocycles. The molecule has 24 heavy (non-hydrogen) atoms. The predicted molar refractivity (Wildman–Crippen MR) is 92.0 cm³/mol. The first-order valence-electron chi connectivity index (χ1n) is 7.58. The van der Waals surface area contributed by atoms with Gasteiger partial charge in [-0.3, -0.25) is 4.79 Å². The van der Waals surface area contributed by atoms with Crippen LogP contribution in [0.25, 0.3) is 11.3 Å². The first-order chi connectivity index (χ1) is 11.7. The lowest BCUT2D eigenvalue weighted by Gasteiger charge is -2.10. The van der Waals surface area contributed by atoms with Gasteiger partial charge in [-0.15, -0.1) is 0 Å². The van der Waals surface area contributed by atoms with Crippen molar-refractivity contribution in [3.63, 3.8) is 0 Å². The summed E-state index contributed by atoms with van der Waals surface area (Å²) in [6.07, 6.45) is 3.31. The van der Waals surface area contributed by atoms with Crippen LogP contribution in [-0.4, -0.2) is 18.0 Å². The summed E-state index contributed by atoms with van der Waals surface area (Å²) in [6.45, 7) is 2.02. The van der Waals surface area contributed by atoms with E-state index in [0.717, 1.165) is 11.1 Å². The van der Waals surface area contributed by atoms with Crippen molar-refractivity contribution in [1.29, 1.82) is 0 Å². The number of carbonyl (C=O) groups is 1. The largest absolute Gasteiger partial charge is 0.496 e. The summed E-state index contributed by atoms with van der Waals surface area (Å²) in [6, 6.07) is 13.3. The summed E-state index contributed by atoms with van der Waals surface area (Å²) in [4.78, 5) is 16.1. The zero-order valence-electron chi connectivity index (χ0n) is 13.6. The van der Waals surface area contributed by atoms with Crippen LogP contribution in [0.3, 0.4) is 0 Å². The monoisotopic (exact) mass is 322 g/mol. The highest BCUT2D eigenvalue weighted by Gasteiger charge is 2.11. The van der Waals surface area contributed by atoms with E-state index in [9.17, 15) is 4.79 Å². The lowest BCUT2D eigenvalue weighted by molar-refractivity contribution is -0.115. The molecule has 0 aliphatic heterocycles. The number of hydrogen-bond donors (Lipinski definition) is 1. The number of methoxy groups -OCH3 is 1. The number of ether oxygens (including phenoxy) is 1. The Morgan fingerprint density at radius 1 is 1.21 bits per heavy atom. The van der Waals surface area contributed by atoms with E-state index in [2.05, 4.69) is 10.3 Å². The van der Waals surface area contributed by atoms with Crippen LogP contribution in [0.5, 0.6) is 5.75 Å². The lowest BCUT2D eigenvalue weighted by atomic mass is 10.1. The number of hydrogen-bond acceptors (Lipinski definition) is 4. The molecule has 0 radical (unpaired) electrons. The maximum atomic E-state index is 12.2. The number of nitrogens with zero attached hydrogens (tertiary/aromatic N) is 1. The van der Waals surface area contributed by atoms with Crippen LogP contribution in [-0.2, 0) is 11.2 Å². The zero-order valence-corrected chi connectivity index (χ0v) is 13.6. The fraction of sp³-hybridized carbons (Fsp3) is 0.158. The van der Waals surface area contributed by atoms with E-state index in [1.165, 1.54) is 12.0 Å². The molecule has 1 heterocycles. The molecule has 0 atom stereocenters. The van der Waals surface area contributed by atoms with E-state index in [0.29, 0.717) is 23.6 Å². The number of carbonyl (C=O) groups excluding carboxylic acids is 1. The minimum Gasteiger partial charge on any atom is -0.496 e. The molecule has 0 bridgehead atoms. The van der Waals surface area contributed by atoms with Crippen LogP contribution in [0.15, 0.2) is 59.5 Å². The second kappa shape index (κ2) is 7.00. The number of benzene rings is 2. The molecular formula is C19H18N2O3. The van der Waals surface area contributed by atoms with E-state index in [1.54, 1.807) is 19.4 Å². The van der Waals surface area contributed by atoms with Crippen molar-refractivity contribution in [2.45, 2.75) is 13.3 Å². The molecule has 1 aromatic heterocycles. The third-order valence-corrected chi connectivity index (χ3v) is 3.67. The molecule has 3 aromatic rings. The van der Waals surface area contributed by atoms with E-state index < -0.39 is 0 Å². The Labute approximate surface area is 140 Å². The Morgan fingerprint density at radius 2 is 2.00 bits per heavy atom. The minimum absolute atomic E-state index is 0.0756. The number of anilines is 1. The smallest absolute Gasteiger partial charge is 0.228 e. The van der Waals surface area contributed by atoms with Gasteiger partial charge in [0.1, 0.15) is 5.75 Å². The Balaban J connectivity index is 1.73. The third kappa shape index (κ3) is 3.63. The minimum atomic E-state index is -0.0756. The highest BCUT2D eigenvalue weighted by atomic mass is 16.5. The first-order valence-corrected chi connectivity index (χ1v) is 7.58. The normalized spacial score (nSPS) is 10.4. The van der Waals surface area contributed by atoms with Crippen molar-refractivity contribution >= 4 is 11.6 Å². The molecule has 0 spiro atoms. The van der Waals surface area contributed by atoms with Crippen molar-refractivity contribution in [2.75, 3.05) is 12.4 Å². The molecule has 0 unspecified atom stereocenters. The summed E-state index contributed by atoms with van der Waals surface area (Å²) in [7, 11) is 1.58. The molecule has 2 aromatic carbocycles. The van der Waals surface area contributed by atoms with E-state index in [4.69, 9.17) is 9.15 Å². The Kier molecular flexibility index (Phi) is 4.61. The highest BCUT2D eigenvalue weighted by molar-refractivity contribution is 5.93. The van der Waals surface area contributed by atoms with Gasteiger partial charge in [0.05, 0.1) is 25.3 Å².